The molecule has 4 heteroatoms. The van der Waals surface area contributed by atoms with Gasteiger partial charge in [0, 0.05) is 11.4 Å². The Morgan fingerprint density at radius 1 is 1.33 bits per heavy atom. The number of rotatable bonds is 2. The number of benzene rings is 1. The molecule has 1 heterocycles. The number of nitrogens with zero attached hydrogens (tertiary/aromatic N) is 2. The molecule has 2 rings (SSSR count). The van der Waals surface area contributed by atoms with Crippen LogP contribution in [0.3, 0.4) is 0 Å². The molecule has 1 unspecified atom stereocenters. The normalized spacial score (nSPS) is 12.7. The van der Waals surface area contributed by atoms with Gasteiger partial charge in [0.05, 0.1) is 12.8 Å². The summed E-state index contributed by atoms with van der Waals surface area (Å²) < 4.78 is 5.23. The van der Waals surface area contributed by atoms with Crippen LogP contribution in [0, 0.1) is 0 Å². The summed E-state index contributed by atoms with van der Waals surface area (Å²) in [4.78, 5) is 8.39. The van der Waals surface area contributed by atoms with Crippen LogP contribution in [-0.4, -0.2) is 17.1 Å². The fourth-order valence-electron chi connectivity index (χ4n) is 1.61. The van der Waals surface area contributed by atoms with Gasteiger partial charge in [-0.15, -0.1) is 0 Å². The summed E-state index contributed by atoms with van der Waals surface area (Å²) in [5.41, 5.74) is 7.49. The van der Waals surface area contributed by atoms with Gasteiger partial charge >= 0.3 is 0 Å². The first-order valence-corrected chi connectivity index (χ1v) is 4.77. The number of hydrogen-bond donors (Lipinski definition) is 1. The van der Waals surface area contributed by atoms with Crippen LogP contribution in [0.4, 0.5) is 0 Å². The second kappa shape index (κ2) is 3.82. The number of methoxy groups -OCH3 is 1. The molecule has 1 aromatic carbocycles. The number of fused-ring (bicyclic) bond motifs is 1. The Morgan fingerprint density at radius 3 is 2.80 bits per heavy atom. The van der Waals surface area contributed by atoms with Crippen molar-refractivity contribution in [2.45, 2.75) is 13.0 Å². The Labute approximate surface area is 88.1 Å². The summed E-state index contributed by atoms with van der Waals surface area (Å²) in [6, 6.07) is 5.63. The lowest BCUT2D eigenvalue weighted by Crippen LogP contribution is -2.08. The first kappa shape index (κ1) is 9.86. The monoisotopic (exact) mass is 203 g/mol. The third kappa shape index (κ3) is 1.64. The maximum Gasteiger partial charge on any atom is 0.145 e. The smallest absolute Gasteiger partial charge is 0.145 e. The highest BCUT2D eigenvalue weighted by Crippen LogP contribution is 2.26. The highest BCUT2D eigenvalue weighted by Gasteiger charge is 2.10. The molecule has 0 saturated heterocycles. The summed E-state index contributed by atoms with van der Waals surface area (Å²) in [7, 11) is 1.63. The van der Waals surface area contributed by atoms with E-state index in [4.69, 9.17) is 10.5 Å². The molecule has 15 heavy (non-hydrogen) atoms. The molecule has 0 spiro atoms. The molecular formula is C11H13N3O. The molecule has 0 saturated carbocycles. The number of para-hydroxylation sites is 1. The van der Waals surface area contributed by atoms with E-state index in [1.807, 2.05) is 25.1 Å². The fourth-order valence-corrected chi connectivity index (χ4v) is 1.61. The minimum atomic E-state index is -0.109. The third-order valence-electron chi connectivity index (χ3n) is 2.31. The van der Waals surface area contributed by atoms with Crippen LogP contribution in [-0.2, 0) is 0 Å². The number of ether oxygens (including phenoxy) is 1. The number of hydrogen-bond acceptors (Lipinski definition) is 4. The van der Waals surface area contributed by atoms with Gasteiger partial charge in [-0.1, -0.05) is 12.1 Å². The summed E-state index contributed by atoms with van der Waals surface area (Å²) in [5, 5.41) is 0.951. The van der Waals surface area contributed by atoms with Crippen LogP contribution >= 0.6 is 0 Å². The van der Waals surface area contributed by atoms with E-state index >= 15 is 0 Å². The molecule has 0 radical (unpaired) electrons. The molecule has 4 nitrogen and oxygen atoms in total. The largest absolute Gasteiger partial charge is 0.494 e. The maximum absolute atomic E-state index is 5.84. The fraction of sp³-hybridized carbons (Fsp3) is 0.273. The van der Waals surface area contributed by atoms with E-state index < -0.39 is 0 Å². The van der Waals surface area contributed by atoms with E-state index in [2.05, 4.69) is 9.97 Å². The summed E-state index contributed by atoms with van der Waals surface area (Å²) in [6.07, 6.45) is 1.52. The van der Waals surface area contributed by atoms with Gasteiger partial charge in [-0.05, 0) is 13.0 Å². The van der Waals surface area contributed by atoms with Crippen molar-refractivity contribution in [3.8, 4) is 5.75 Å². The van der Waals surface area contributed by atoms with Crippen molar-refractivity contribution in [3.63, 3.8) is 0 Å². The minimum absolute atomic E-state index is 0.109. The van der Waals surface area contributed by atoms with Gasteiger partial charge in [0.2, 0.25) is 0 Å². The van der Waals surface area contributed by atoms with Crippen molar-refractivity contribution in [1.29, 1.82) is 0 Å². The lowest BCUT2D eigenvalue weighted by molar-refractivity contribution is 0.419. The quantitative estimate of drug-likeness (QED) is 0.806. The molecule has 2 N–H and O–H groups in total. The van der Waals surface area contributed by atoms with Crippen LogP contribution in [0.1, 0.15) is 18.7 Å². The van der Waals surface area contributed by atoms with E-state index in [0.29, 0.717) is 0 Å². The van der Waals surface area contributed by atoms with Crippen LogP contribution in [0.2, 0.25) is 0 Å². The molecule has 0 aliphatic heterocycles. The third-order valence-corrected chi connectivity index (χ3v) is 2.31. The van der Waals surface area contributed by atoms with Crippen LogP contribution in [0.25, 0.3) is 10.9 Å². The Balaban J connectivity index is 2.76. The second-order valence-electron chi connectivity index (χ2n) is 3.40. The van der Waals surface area contributed by atoms with Crippen LogP contribution in [0.5, 0.6) is 5.75 Å². The van der Waals surface area contributed by atoms with Gasteiger partial charge in [-0.25, -0.2) is 9.97 Å². The lowest BCUT2D eigenvalue weighted by atomic mass is 10.1. The van der Waals surface area contributed by atoms with E-state index in [1.165, 1.54) is 6.33 Å². The second-order valence-corrected chi connectivity index (χ2v) is 3.40. The highest BCUT2D eigenvalue weighted by atomic mass is 16.5. The van der Waals surface area contributed by atoms with Crippen LogP contribution in [0.15, 0.2) is 24.5 Å². The summed E-state index contributed by atoms with van der Waals surface area (Å²) >= 11 is 0. The maximum atomic E-state index is 5.84. The highest BCUT2D eigenvalue weighted by molar-refractivity contribution is 5.86. The van der Waals surface area contributed by atoms with E-state index in [9.17, 15) is 0 Å². The Kier molecular flexibility index (Phi) is 2.51. The molecule has 0 aliphatic carbocycles. The van der Waals surface area contributed by atoms with Crippen molar-refractivity contribution < 1.29 is 4.74 Å². The Bertz CT molecular complexity index is 482. The first-order valence-electron chi connectivity index (χ1n) is 4.77. The van der Waals surface area contributed by atoms with Crippen molar-refractivity contribution in [3.05, 3.63) is 30.2 Å². The van der Waals surface area contributed by atoms with Crippen molar-refractivity contribution >= 4 is 10.9 Å². The molecular weight excluding hydrogens is 190 g/mol. The van der Waals surface area contributed by atoms with Gasteiger partial charge in [0.1, 0.15) is 17.6 Å². The van der Waals surface area contributed by atoms with Gasteiger partial charge in [-0.2, -0.15) is 0 Å². The molecule has 2 aromatic rings. The molecule has 0 fully saturated rings. The Hall–Kier alpha value is -1.68. The van der Waals surface area contributed by atoms with Crippen molar-refractivity contribution in [1.82, 2.24) is 9.97 Å². The van der Waals surface area contributed by atoms with Gasteiger partial charge in [0.15, 0.2) is 0 Å². The molecule has 1 atom stereocenters. The molecule has 0 bridgehead atoms. The van der Waals surface area contributed by atoms with E-state index in [1.54, 1.807) is 7.11 Å². The zero-order valence-electron chi connectivity index (χ0n) is 8.77. The standard InChI is InChI=1S/C11H13N3O/c1-7(12)10-8-4-3-5-9(15-2)11(8)14-6-13-10/h3-7H,12H2,1-2H3. The van der Waals surface area contributed by atoms with E-state index in [0.717, 1.165) is 22.3 Å². The predicted molar refractivity (Wildman–Crippen MR) is 58.7 cm³/mol. The molecule has 1 aromatic heterocycles. The summed E-state index contributed by atoms with van der Waals surface area (Å²) in [5.74, 6) is 0.747. The molecule has 78 valence electrons. The zero-order valence-corrected chi connectivity index (χ0v) is 8.77. The molecule has 0 amide bonds. The molecule has 0 aliphatic rings. The zero-order chi connectivity index (χ0) is 10.8. The predicted octanol–water partition coefficient (Wildman–Crippen LogP) is 1.66. The Morgan fingerprint density at radius 2 is 2.13 bits per heavy atom. The number of nitrogens with two attached hydrogens (primary N) is 1. The topological polar surface area (TPSA) is 61.0 Å². The minimum Gasteiger partial charge on any atom is -0.494 e. The average Bonchev–Trinajstić information content (AvgIpc) is 2.27. The van der Waals surface area contributed by atoms with Gasteiger partial charge in [0.25, 0.3) is 0 Å². The SMILES string of the molecule is COc1cccc2c(C(C)N)ncnc12. The van der Waals surface area contributed by atoms with Gasteiger partial charge < -0.3 is 10.5 Å². The van der Waals surface area contributed by atoms with Crippen molar-refractivity contribution in [2.24, 2.45) is 5.73 Å². The average molecular weight is 203 g/mol. The van der Waals surface area contributed by atoms with E-state index in [-0.39, 0.29) is 6.04 Å². The van der Waals surface area contributed by atoms with Crippen LogP contribution < -0.4 is 10.5 Å². The van der Waals surface area contributed by atoms with Crippen molar-refractivity contribution in [2.75, 3.05) is 7.11 Å². The van der Waals surface area contributed by atoms with Gasteiger partial charge in [-0.3, -0.25) is 0 Å². The summed E-state index contributed by atoms with van der Waals surface area (Å²) in [6.45, 7) is 1.90. The lowest BCUT2D eigenvalue weighted by Gasteiger charge is -2.09. The number of aromatic nitrogens is 2. The first-order chi connectivity index (χ1) is 7.24.